The topological polar surface area (TPSA) is 96.3 Å². The Morgan fingerprint density at radius 2 is 2.00 bits per heavy atom. The fourth-order valence-electron chi connectivity index (χ4n) is 2.79. The molecule has 154 valence electrons. The summed E-state index contributed by atoms with van der Waals surface area (Å²) in [7, 11) is -1.63. The van der Waals surface area contributed by atoms with Crippen LogP contribution in [0.3, 0.4) is 0 Å². The van der Waals surface area contributed by atoms with Gasteiger partial charge < -0.3 is 10.6 Å². The first-order chi connectivity index (χ1) is 13.2. The Hall–Kier alpha value is -2.39. The number of nitrogens with zero attached hydrogens (tertiary/aromatic N) is 3. The Balaban J connectivity index is 1.81. The molecule has 0 bridgehead atoms. The van der Waals surface area contributed by atoms with Gasteiger partial charge >= 0.3 is 6.03 Å². The van der Waals surface area contributed by atoms with Crippen molar-refractivity contribution in [1.29, 1.82) is 0 Å². The van der Waals surface area contributed by atoms with Crippen LogP contribution in [-0.4, -0.2) is 54.4 Å². The number of anilines is 1. The maximum Gasteiger partial charge on any atom is 0.319 e. The summed E-state index contributed by atoms with van der Waals surface area (Å²) in [5, 5.41) is 10.0. The van der Waals surface area contributed by atoms with Gasteiger partial charge in [0.2, 0.25) is 10.0 Å². The smallest absolute Gasteiger partial charge is 0.319 e. The Morgan fingerprint density at radius 3 is 2.64 bits per heavy atom. The van der Waals surface area contributed by atoms with E-state index in [1.54, 1.807) is 14.0 Å². The van der Waals surface area contributed by atoms with Gasteiger partial charge in [-0.1, -0.05) is 12.1 Å². The zero-order chi connectivity index (χ0) is 20.7. The third-order valence-corrected chi connectivity index (χ3v) is 6.26. The summed E-state index contributed by atoms with van der Waals surface area (Å²) in [6.45, 7) is 6.98. The van der Waals surface area contributed by atoms with Crippen molar-refractivity contribution >= 4 is 21.7 Å². The molecular weight excluding hydrogens is 378 g/mol. The number of urea groups is 1. The highest BCUT2D eigenvalue weighted by molar-refractivity contribution is 7.89. The van der Waals surface area contributed by atoms with Crippen molar-refractivity contribution in [3.05, 3.63) is 47.3 Å². The zero-order valence-corrected chi connectivity index (χ0v) is 17.7. The fraction of sp³-hybridized carbons (Fsp3) is 0.474. The molecule has 1 aromatic heterocycles. The molecule has 8 nitrogen and oxygen atoms in total. The van der Waals surface area contributed by atoms with E-state index >= 15 is 0 Å². The molecule has 0 aliphatic carbocycles. The summed E-state index contributed by atoms with van der Waals surface area (Å²) in [6, 6.07) is 9.33. The van der Waals surface area contributed by atoms with Crippen molar-refractivity contribution < 1.29 is 13.2 Å². The van der Waals surface area contributed by atoms with Crippen LogP contribution in [0.15, 0.2) is 30.3 Å². The number of aryl methyl sites for hydroxylation is 2. The lowest BCUT2D eigenvalue weighted by molar-refractivity contribution is 0.251. The van der Waals surface area contributed by atoms with Crippen molar-refractivity contribution in [1.82, 2.24) is 19.4 Å². The Kier molecular flexibility index (Phi) is 7.59. The summed E-state index contributed by atoms with van der Waals surface area (Å²) < 4.78 is 26.6. The average molecular weight is 408 g/mol. The molecule has 0 saturated carbocycles. The minimum atomic E-state index is -3.18. The molecule has 1 aromatic carbocycles. The van der Waals surface area contributed by atoms with Crippen molar-refractivity contribution in [2.75, 3.05) is 31.2 Å². The van der Waals surface area contributed by atoms with Gasteiger partial charge in [-0.25, -0.2) is 17.5 Å². The molecule has 0 fully saturated rings. The quantitative estimate of drug-likeness (QED) is 0.624. The molecule has 0 unspecified atom stereocenters. The van der Waals surface area contributed by atoms with Gasteiger partial charge in [-0.3, -0.25) is 4.68 Å². The van der Waals surface area contributed by atoms with E-state index in [1.165, 1.54) is 4.31 Å². The number of carbonyl (C=O) groups is 1. The summed E-state index contributed by atoms with van der Waals surface area (Å²) >= 11 is 0. The highest BCUT2D eigenvalue weighted by Gasteiger charge is 2.14. The van der Waals surface area contributed by atoms with Crippen LogP contribution >= 0.6 is 0 Å². The lowest BCUT2D eigenvalue weighted by atomic mass is 10.2. The van der Waals surface area contributed by atoms with Crippen LogP contribution in [0.5, 0.6) is 0 Å². The fourth-order valence-corrected chi connectivity index (χ4v) is 3.64. The van der Waals surface area contributed by atoms with Crippen LogP contribution in [0.2, 0.25) is 0 Å². The molecule has 2 aromatic rings. The molecule has 9 heteroatoms. The number of carbonyl (C=O) groups excluding carboxylic acids is 1. The molecule has 2 amide bonds. The Morgan fingerprint density at radius 1 is 1.25 bits per heavy atom. The largest absolute Gasteiger partial charge is 0.338 e. The first-order valence-corrected chi connectivity index (χ1v) is 10.9. The standard InChI is InChI=1S/C19H29N5O3S/c1-5-28(26,27)23(4)11-7-10-20-19(25)21-18-9-6-8-17(13-18)14-24-16(3)12-15(2)22-24/h6,8-9,12-13H,5,7,10-11,14H2,1-4H3,(H2,20,21,25). The van der Waals surface area contributed by atoms with Crippen LogP contribution in [0.25, 0.3) is 0 Å². The van der Waals surface area contributed by atoms with Crippen LogP contribution in [0.4, 0.5) is 10.5 Å². The Bertz CT molecular complexity index is 908. The maximum atomic E-state index is 12.1. The summed E-state index contributed by atoms with van der Waals surface area (Å²) in [5.74, 6) is 0.0748. The second kappa shape index (κ2) is 9.70. The predicted molar refractivity (Wildman–Crippen MR) is 111 cm³/mol. The number of hydrogen-bond donors (Lipinski definition) is 2. The third-order valence-electron chi connectivity index (χ3n) is 4.40. The number of benzene rings is 1. The number of rotatable bonds is 9. The van der Waals surface area contributed by atoms with Crippen molar-refractivity contribution in [3.63, 3.8) is 0 Å². The van der Waals surface area contributed by atoms with E-state index in [9.17, 15) is 13.2 Å². The number of amides is 2. The minimum Gasteiger partial charge on any atom is -0.338 e. The van der Waals surface area contributed by atoms with Gasteiger partial charge in [-0.15, -0.1) is 0 Å². The summed E-state index contributed by atoms with van der Waals surface area (Å²) in [6.07, 6.45) is 0.543. The highest BCUT2D eigenvalue weighted by atomic mass is 32.2. The van der Waals surface area contributed by atoms with Crippen LogP contribution in [-0.2, 0) is 16.6 Å². The first kappa shape index (κ1) is 21.9. The van der Waals surface area contributed by atoms with Gasteiger partial charge in [0.05, 0.1) is 18.0 Å². The molecule has 0 saturated heterocycles. The monoisotopic (exact) mass is 407 g/mol. The SMILES string of the molecule is CCS(=O)(=O)N(C)CCCNC(=O)Nc1cccc(Cn2nc(C)cc2C)c1. The van der Waals surface area contributed by atoms with Crippen molar-refractivity contribution in [2.45, 2.75) is 33.7 Å². The normalized spacial score (nSPS) is 11.6. The molecule has 0 atom stereocenters. The van der Waals surface area contributed by atoms with E-state index in [-0.39, 0.29) is 11.8 Å². The van der Waals surface area contributed by atoms with Crippen molar-refractivity contribution in [2.24, 2.45) is 0 Å². The van der Waals surface area contributed by atoms with Gasteiger partial charge in [0, 0.05) is 31.5 Å². The molecule has 2 N–H and O–H groups in total. The van der Waals surface area contributed by atoms with E-state index in [1.807, 2.05) is 48.9 Å². The summed E-state index contributed by atoms with van der Waals surface area (Å²) in [5.41, 5.74) is 3.80. The zero-order valence-electron chi connectivity index (χ0n) is 16.9. The van der Waals surface area contributed by atoms with E-state index in [0.717, 1.165) is 17.0 Å². The van der Waals surface area contributed by atoms with Gasteiger partial charge in [0.1, 0.15) is 0 Å². The van der Waals surface area contributed by atoms with Gasteiger partial charge in [-0.2, -0.15) is 5.10 Å². The van der Waals surface area contributed by atoms with Crippen LogP contribution < -0.4 is 10.6 Å². The molecule has 2 rings (SSSR count). The number of hydrogen-bond acceptors (Lipinski definition) is 4. The van der Waals surface area contributed by atoms with E-state index < -0.39 is 10.0 Å². The molecular formula is C19H29N5O3S. The second-order valence-corrected chi connectivity index (χ2v) is 9.11. The van der Waals surface area contributed by atoms with Crippen LogP contribution in [0, 0.1) is 13.8 Å². The third kappa shape index (κ3) is 6.35. The highest BCUT2D eigenvalue weighted by Crippen LogP contribution is 2.13. The maximum absolute atomic E-state index is 12.1. The molecule has 28 heavy (non-hydrogen) atoms. The number of nitrogens with one attached hydrogen (secondary N) is 2. The molecule has 0 aliphatic rings. The van der Waals surface area contributed by atoms with Crippen molar-refractivity contribution in [3.8, 4) is 0 Å². The van der Waals surface area contributed by atoms with E-state index in [4.69, 9.17) is 0 Å². The summed E-state index contributed by atoms with van der Waals surface area (Å²) in [4.78, 5) is 12.1. The van der Waals surface area contributed by atoms with Gasteiger partial charge in [-0.05, 0) is 51.0 Å². The number of sulfonamides is 1. The van der Waals surface area contributed by atoms with Gasteiger partial charge in [0.15, 0.2) is 0 Å². The van der Waals surface area contributed by atoms with E-state index in [0.29, 0.717) is 31.7 Å². The molecule has 1 heterocycles. The van der Waals surface area contributed by atoms with Gasteiger partial charge in [0.25, 0.3) is 0 Å². The number of aromatic nitrogens is 2. The molecule has 0 aliphatic heterocycles. The van der Waals surface area contributed by atoms with Crippen LogP contribution in [0.1, 0.15) is 30.3 Å². The molecule has 0 radical (unpaired) electrons. The minimum absolute atomic E-state index is 0.0748. The molecule has 0 spiro atoms. The Labute approximate surface area is 167 Å². The lowest BCUT2D eigenvalue weighted by Crippen LogP contribution is -2.34. The first-order valence-electron chi connectivity index (χ1n) is 9.30. The predicted octanol–water partition coefficient (Wildman–Crippen LogP) is 2.34. The van der Waals surface area contributed by atoms with E-state index in [2.05, 4.69) is 15.7 Å². The lowest BCUT2D eigenvalue weighted by Gasteiger charge is -2.16. The second-order valence-electron chi connectivity index (χ2n) is 6.74. The average Bonchev–Trinajstić information content (AvgIpc) is 2.95.